The zero-order valence-electron chi connectivity index (χ0n) is 2.46. The van der Waals surface area contributed by atoms with Gasteiger partial charge < -0.3 is 0 Å². The average Bonchev–Trinajstić information content (AvgIpc) is 1.32. The van der Waals surface area contributed by atoms with Gasteiger partial charge in [-0.1, -0.05) is 9.35 Å². The van der Waals surface area contributed by atoms with Crippen molar-refractivity contribution < 1.29 is 23.1 Å². The van der Waals surface area contributed by atoms with E-state index in [1.165, 1.54) is 0 Å². The highest BCUT2D eigenvalue weighted by Crippen LogP contribution is 2.57. The van der Waals surface area contributed by atoms with Gasteiger partial charge in [0.15, 0.2) is 0 Å². The third-order valence-electron chi connectivity index (χ3n) is 0.239. The molecule has 0 spiro atoms. The minimum absolute atomic E-state index is 3.28. The van der Waals surface area contributed by atoms with Crippen LogP contribution >= 0.6 is 7.91 Å². The van der Waals surface area contributed by atoms with E-state index in [1.807, 2.05) is 0 Å². The van der Waals surface area contributed by atoms with Gasteiger partial charge in [0.2, 0.25) is 0 Å². The van der Waals surface area contributed by atoms with Gasteiger partial charge in [0.05, 0.1) is 0 Å². The lowest BCUT2D eigenvalue weighted by molar-refractivity contribution is -0.494. The summed E-state index contributed by atoms with van der Waals surface area (Å²) in [7, 11) is -4.19. The molecule has 0 aromatic heterocycles. The van der Waals surface area contributed by atoms with Crippen LogP contribution in [-0.4, -0.2) is 0 Å². The quantitative estimate of drug-likeness (QED) is 0.347. The number of hydrogen-bond acceptors (Lipinski definition) is 4. The Morgan fingerprint density at radius 2 is 1.83 bits per heavy atom. The van der Waals surface area contributed by atoms with Crippen molar-refractivity contribution in [2.24, 2.45) is 0 Å². The minimum atomic E-state index is -4.19. The first-order valence-corrected chi connectivity index (χ1v) is 2.48. The third-order valence-corrected chi connectivity index (χ3v) is 0.717. The van der Waals surface area contributed by atoms with E-state index in [4.69, 9.17) is 0 Å². The largest absolute Gasteiger partial charge is 0.572 e. The zero-order chi connectivity index (χ0) is 4.62. The minimum Gasteiger partial charge on any atom is -0.218 e. The first-order valence-electron chi connectivity index (χ1n) is 1.05. The summed E-state index contributed by atoms with van der Waals surface area (Å²) in [5, 5.41) is 3.30. The maximum Gasteiger partial charge on any atom is 0.572 e. The summed E-state index contributed by atoms with van der Waals surface area (Å²) in [4.78, 5) is 0. The normalized spacial score (nSPS) is 28.8. The molecule has 0 N–H and O–H groups in total. The summed E-state index contributed by atoms with van der Waals surface area (Å²) >= 11 is 0. The van der Waals surface area contributed by atoms with Crippen LogP contribution in [0, 0.1) is 0 Å². The lowest BCUT2D eigenvalue weighted by Gasteiger charge is -2.11. The number of halogens is 1. The molecular formula is FO4P. The zero-order valence-corrected chi connectivity index (χ0v) is 3.35. The topological polar surface area (TPSA) is 44.8 Å². The summed E-state index contributed by atoms with van der Waals surface area (Å²) in [5.41, 5.74) is 0. The van der Waals surface area contributed by atoms with Crippen molar-refractivity contribution in [3.63, 3.8) is 0 Å². The second kappa shape index (κ2) is 1.01. The molecule has 0 aromatic carbocycles. The lowest BCUT2D eigenvalue weighted by Crippen LogP contribution is -2.01. The standard InChI is InChI=1S/FO4P/c1-6(2)4-3-5-6. The highest BCUT2D eigenvalue weighted by Gasteiger charge is 2.38. The van der Waals surface area contributed by atoms with Crippen molar-refractivity contribution in [3.8, 4) is 0 Å². The predicted molar refractivity (Wildman–Crippen MR) is 12.0 cm³/mol. The van der Waals surface area contributed by atoms with Crippen molar-refractivity contribution >= 4 is 7.91 Å². The molecule has 0 unspecified atom stereocenters. The number of rotatable bonds is 0. The van der Waals surface area contributed by atoms with Gasteiger partial charge in [0, 0.05) is 0 Å². The second-order valence-electron chi connectivity index (χ2n) is 0.648. The molecule has 0 aliphatic carbocycles. The first kappa shape index (κ1) is 4.21. The third kappa shape index (κ3) is 0.578. The van der Waals surface area contributed by atoms with Gasteiger partial charge in [-0.05, 0) is 5.04 Å². The number of hydrogen-bond donors (Lipinski definition) is 0. The molecule has 1 aliphatic rings. The maximum absolute atomic E-state index is 11.2. The predicted octanol–water partition coefficient (Wildman–Crippen LogP) is 0.957. The Kier molecular flexibility index (Phi) is 0.706. The van der Waals surface area contributed by atoms with Crippen LogP contribution in [0.25, 0.3) is 0 Å². The molecule has 1 heterocycles. The van der Waals surface area contributed by atoms with Crippen molar-refractivity contribution in [1.82, 2.24) is 0 Å². The van der Waals surface area contributed by atoms with E-state index in [2.05, 4.69) is 14.4 Å². The van der Waals surface area contributed by atoms with Gasteiger partial charge in [0.1, 0.15) is 0 Å². The van der Waals surface area contributed by atoms with E-state index in [0.29, 0.717) is 0 Å². The van der Waals surface area contributed by atoms with Crippen molar-refractivity contribution in [1.29, 1.82) is 0 Å². The molecule has 1 aliphatic heterocycles. The maximum atomic E-state index is 11.2. The molecule has 6 heteroatoms. The van der Waals surface area contributed by atoms with E-state index < -0.39 is 7.91 Å². The van der Waals surface area contributed by atoms with Crippen LogP contribution in [0.2, 0.25) is 0 Å². The molecular weight excluding hydrogens is 114 g/mol. The highest BCUT2D eigenvalue weighted by atomic mass is 31.2. The molecule has 1 rings (SSSR count). The molecule has 6 heavy (non-hydrogen) atoms. The molecule has 1 fully saturated rings. The van der Waals surface area contributed by atoms with Gasteiger partial charge in [0.25, 0.3) is 0 Å². The molecule has 1 saturated heterocycles. The Labute approximate surface area is 32.3 Å². The van der Waals surface area contributed by atoms with Gasteiger partial charge in [-0.3, -0.25) is 0 Å². The summed E-state index contributed by atoms with van der Waals surface area (Å²) in [6, 6.07) is 0. The molecule has 0 aromatic rings. The van der Waals surface area contributed by atoms with Crippen LogP contribution in [0.15, 0.2) is 0 Å². The fraction of sp³-hybridized carbons (Fsp3) is 0. The second-order valence-corrected chi connectivity index (χ2v) is 1.81. The Balaban J connectivity index is 2.53. The van der Waals surface area contributed by atoms with Crippen LogP contribution in [0.1, 0.15) is 0 Å². The fourth-order valence-corrected chi connectivity index (χ4v) is 0.235. The summed E-state index contributed by atoms with van der Waals surface area (Å²) in [6.45, 7) is 0. The lowest BCUT2D eigenvalue weighted by atomic mass is 14.5. The Hall–Kier alpha value is 0.0400. The first-order chi connectivity index (χ1) is 2.71. The van der Waals surface area contributed by atoms with Crippen LogP contribution < -0.4 is 0 Å². The average molecular weight is 114 g/mol. The molecule has 36 valence electrons. The van der Waals surface area contributed by atoms with E-state index in [-0.39, 0.29) is 0 Å². The smallest absolute Gasteiger partial charge is 0.218 e. The Bertz CT molecular complexity index is 89.7. The Morgan fingerprint density at radius 3 is 1.83 bits per heavy atom. The van der Waals surface area contributed by atoms with Crippen LogP contribution in [-0.2, 0) is 19.0 Å². The van der Waals surface area contributed by atoms with E-state index >= 15 is 0 Å². The molecule has 0 saturated carbocycles. The molecule has 0 radical (unpaired) electrons. The van der Waals surface area contributed by atoms with Gasteiger partial charge >= 0.3 is 7.91 Å². The van der Waals surface area contributed by atoms with E-state index in [1.54, 1.807) is 0 Å². The van der Waals surface area contributed by atoms with Crippen molar-refractivity contribution in [2.45, 2.75) is 0 Å². The van der Waals surface area contributed by atoms with Crippen molar-refractivity contribution in [3.05, 3.63) is 0 Å². The Morgan fingerprint density at radius 1 is 1.50 bits per heavy atom. The summed E-state index contributed by atoms with van der Waals surface area (Å²) in [6.07, 6.45) is 0. The fourth-order valence-electron chi connectivity index (χ4n) is 0.0783. The highest BCUT2D eigenvalue weighted by molar-refractivity contribution is 7.48. The summed E-state index contributed by atoms with van der Waals surface area (Å²) in [5.74, 6) is 0. The van der Waals surface area contributed by atoms with Crippen LogP contribution in [0.5, 0.6) is 0 Å². The SMILES string of the molecule is O=P1(F)OOO1. The van der Waals surface area contributed by atoms with Gasteiger partial charge in [-0.15, -0.1) is 4.20 Å². The van der Waals surface area contributed by atoms with Crippen LogP contribution in [0.4, 0.5) is 4.20 Å². The van der Waals surface area contributed by atoms with Crippen LogP contribution in [0.3, 0.4) is 0 Å². The van der Waals surface area contributed by atoms with Gasteiger partial charge in [-0.2, -0.15) is 0 Å². The van der Waals surface area contributed by atoms with E-state index in [9.17, 15) is 8.76 Å². The molecule has 4 nitrogen and oxygen atoms in total. The molecule has 0 amide bonds. The monoisotopic (exact) mass is 114 g/mol. The molecule has 0 bridgehead atoms. The van der Waals surface area contributed by atoms with Gasteiger partial charge in [-0.25, -0.2) is 4.57 Å². The van der Waals surface area contributed by atoms with Crippen molar-refractivity contribution in [2.75, 3.05) is 0 Å². The summed E-state index contributed by atoms with van der Waals surface area (Å²) < 4.78 is 27.2. The van der Waals surface area contributed by atoms with E-state index in [0.717, 1.165) is 0 Å². The molecule has 0 atom stereocenters.